The smallest absolute Gasteiger partial charge is 0.242 e. The van der Waals surface area contributed by atoms with Gasteiger partial charge in [0, 0.05) is 20.1 Å². The van der Waals surface area contributed by atoms with Crippen molar-refractivity contribution < 1.29 is 9.53 Å². The Bertz CT molecular complexity index is 469. The summed E-state index contributed by atoms with van der Waals surface area (Å²) in [6.45, 7) is 5.95. The van der Waals surface area contributed by atoms with Gasteiger partial charge in [0.25, 0.3) is 0 Å². The third-order valence-corrected chi connectivity index (χ3v) is 4.15. The maximum atomic E-state index is 12.2. The van der Waals surface area contributed by atoms with Gasteiger partial charge in [-0.15, -0.1) is 0 Å². The van der Waals surface area contributed by atoms with Crippen molar-refractivity contribution >= 4 is 28.3 Å². The minimum absolute atomic E-state index is 0.0233. The second kappa shape index (κ2) is 6.30. The molecule has 0 unspecified atom stereocenters. The zero-order chi connectivity index (χ0) is 14.7. The summed E-state index contributed by atoms with van der Waals surface area (Å²) in [5.41, 5.74) is 5.83. The maximum absolute atomic E-state index is 12.2. The van der Waals surface area contributed by atoms with Gasteiger partial charge in [-0.1, -0.05) is 0 Å². The number of nitrogen functional groups attached to an aromatic ring is 1. The molecule has 0 radical (unpaired) electrons. The second-order valence-corrected chi connectivity index (χ2v) is 6.06. The van der Waals surface area contributed by atoms with Crippen LogP contribution < -0.4 is 15.4 Å². The van der Waals surface area contributed by atoms with Gasteiger partial charge in [-0.25, -0.2) is 0 Å². The number of amides is 1. The number of hydrogen-bond donors (Lipinski definition) is 1. The minimum atomic E-state index is 0.0233. The molecule has 0 aliphatic carbocycles. The molecule has 2 rings (SSSR count). The van der Waals surface area contributed by atoms with Gasteiger partial charge in [-0.2, -0.15) is 4.37 Å². The molecule has 0 atom stereocenters. The molecule has 1 aromatic rings. The number of likely N-dealkylation sites (N-methyl/N-ethyl adjacent to an activating group) is 1. The quantitative estimate of drug-likeness (QED) is 0.893. The number of hydrogen-bond acceptors (Lipinski definition) is 6. The molecule has 2 N–H and O–H groups in total. The lowest BCUT2D eigenvalue weighted by atomic mass is 10.4. The van der Waals surface area contributed by atoms with Crippen molar-refractivity contribution in [3.8, 4) is 5.75 Å². The summed E-state index contributed by atoms with van der Waals surface area (Å²) in [7, 11) is 1.87. The van der Waals surface area contributed by atoms with Crippen molar-refractivity contribution in [1.82, 2.24) is 9.27 Å². The number of rotatable bonds is 5. The van der Waals surface area contributed by atoms with Gasteiger partial charge in [-0.05, 0) is 38.2 Å². The summed E-state index contributed by atoms with van der Waals surface area (Å²) in [4.78, 5) is 15.9. The van der Waals surface area contributed by atoms with E-state index in [4.69, 9.17) is 10.5 Å². The number of nitrogens with two attached hydrogens (primary N) is 1. The molecule has 6 nitrogen and oxygen atoms in total. The molecule has 0 aromatic carbocycles. The third-order valence-electron chi connectivity index (χ3n) is 3.19. The lowest BCUT2D eigenvalue weighted by Gasteiger charge is -2.22. The SMILES string of the molecule is CC(C)Oc1c(N)nsc1N(C)CC(=O)N1CCCC1. The van der Waals surface area contributed by atoms with E-state index in [9.17, 15) is 4.79 Å². The Labute approximate surface area is 123 Å². The fourth-order valence-electron chi connectivity index (χ4n) is 2.22. The summed E-state index contributed by atoms with van der Waals surface area (Å²) in [6, 6.07) is 0. The monoisotopic (exact) mass is 298 g/mol. The summed E-state index contributed by atoms with van der Waals surface area (Å²) in [5, 5.41) is 0.809. The average Bonchev–Trinajstić information content (AvgIpc) is 3.00. The van der Waals surface area contributed by atoms with Crippen LogP contribution in [0.2, 0.25) is 0 Å². The molecule has 20 heavy (non-hydrogen) atoms. The molecule has 1 aromatic heterocycles. The van der Waals surface area contributed by atoms with Gasteiger partial charge in [0.05, 0.1) is 12.6 Å². The van der Waals surface area contributed by atoms with Crippen molar-refractivity contribution in [3.05, 3.63) is 0 Å². The Morgan fingerprint density at radius 3 is 2.75 bits per heavy atom. The van der Waals surface area contributed by atoms with Crippen molar-refractivity contribution in [2.45, 2.75) is 32.8 Å². The molecule has 0 spiro atoms. The molecule has 1 aliphatic rings. The van der Waals surface area contributed by atoms with Gasteiger partial charge in [0.15, 0.2) is 16.6 Å². The number of anilines is 2. The summed E-state index contributed by atoms with van der Waals surface area (Å²) in [5.74, 6) is 1.12. The van der Waals surface area contributed by atoms with Crippen LogP contribution in [0.25, 0.3) is 0 Å². The highest BCUT2D eigenvalue weighted by atomic mass is 32.1. The van der Waals surface area contributed by atoms with Crippen LogP contribution in [0.1, 0.15) is 26.7 Å². The van der Waals surface area contributed by atoms with Crippen molar-refractivity contribution in [2.24, 2.45) is 0 Å². The highest BCUT2D eigenvalue weighted by Gasteiger charge is 2.23. The van der Waals surface area contributed by atoms with Gasteiger partial charge in [-0.3, -0.25) is 4.79 Å². The third kappa shape index (κ3) is 3.33. The van der Waals surface area contributed by atoms with Crippen molar-refractivity contribution in [2.75, 3.05) is 37.3 Å². The van der Waals surface area contributed by atoms with Gasteiger partial charge in [0.2, 0.25) is 5.91 Å². The van der Waals surface area contributed by atoms with Crippen LogP contribution in [0.15, 0.2) is 0 Å². The Morgan fingerprint density at radius 2 is 2.15 bits per heavy atom. The first-order chi connectivity index (χ1) is 9.49. The number of carbonyl (C=O) groups is 1. The maximum Gasteiger partial charge on any atom is 0.242 e. The highest BCUT2D eigenvalue weighted by Crippen LogP contribution is 2.38. The predicted octanol–water partition coefficient (Wildman–Crippen LogP) is 1.57. The zero-order valence-electron chi connectivity index (χ0n) is 12.3. The number of ether oxygens (including phenoxy) is 1. The number of likely N-dealkylation sites (tertiary alicyclic amines) is 1. The molecule has 2 heterocycles. The largest absolute Gasteiger partial charge is 0.484 e. The first-order valence-electron chi connectivity index (χ1n) is 6.89. The van der Waals surface area contributed by atoms with E-state index in [1.165, 1.54) is 11.5 Å². The Morgan fingerprint density at radius 1 is 1.50 bits per heavy atom. The van der Waals surface area contributed by atoms with E-state index in [0.29, 0.717) is 18.1 Å². The van der Waals surface area contributed by atoms with Crippen LogP contribution in [-0.4, -0.2) is 48.0 Å². The molecular formula is C13H22N4O2S. The summed E-state index contributed by atoms with van der Waals surface area (Å²) >= 11 is 1.27. The molecule has 0 saturated carbocycles. The highest BCUT2D eigenvalue weighted by molar-refractivity contribution is 7.11. The zero-order valence-corrected chi connectivity index (χ0v) is 13.1. The summed E-state index contributed by atoms with van der Waals surface area (Å²) in [6.07, 6.45) is 2.23. The molecular weight excluding hydrogens is 276 g/mol. The van der Waals surface area contributed by atoms with Crippen LogP contribution in [-0.2, 0) is 4.79 Å². The first-order valence-corrected chi connectivity index (χ1v) is 7.67. The van der Waals surface area contributed by atoms with Crippen LogP contribution >= 0.6 is 11.5 Å². The van der Waals surface area contributed by atoms with Gasteiger partial charge >= 0.3 is 0 Å². The first kappa shape index (κ1) is 14.9. The predicted molar refractivity (Wildman–Crippen MR) is 81.4 cm³/mol. The van der Waals surface area contributed by atoms with Crippen molar-refractivity contribution in [3.63, 3.8) is 0 Å². The fourth-order valence-corrected chi connectivity index (χ4v) is 2.92. The van der Waals surface area contributed by atoms with Crippen LogP contribution in [0, 0.1) is 0 Å². The standard InChI is InChI=1S/C13H22N4O2S/c1-9(2)19-11-12(14)15-20-13(11)16(3)8-10(18)17-6-4-5-7-17/h9H,4-8H2,1-3H3,(H2,14,15). The lowest BCUT2D eigenvalue weighted by molar-refractivity contribution is -0.128. The number of carbonyl (C=O) groups excluding carboxylic acids is 1. The number of aromatic nitrogens is 1. The second-order valence-electron chi connectivity index (χ2n) is 5.31. The topological polar surface area (TPSA) is 71.7 Å². The molecule has 0 bridgehead atoms. The average molecular weight is 298 g/mol. The normalized spacial score (nSPS) is 14.9. The molecule has 7 heteroatoms. The van der Waals surface area contributed by atoms with Gasteiger partial charge < -0.3 is 20.3 Å². The van der Waals surface area contributed by atoms with Crippen LogP contribution in [0.5, 0.6) is 5.75 Å². The lowest BCUT2D eigenvalue weighted by Crippen LogP contribution is -2.37. The van der Waals surface area contributed by atoms with E-state index in [1.807, 2.05) is 30.7 Å². The fraction of sp³-hybridized carbons (Fsp3) is 0.692. The molecule has 1 aliphatic heterocycles. The van der Waals surface area contributed by atoms with Crippen molar-refractivity contribution in [1.29, 1.82) is 0 Å². The van der Waals surface area contributed by atoms with E-state index in [-0.39, 0.29) is 12.0 Å². The van der Waals surface area contributed by atoms with Crippen LogP contribution in [0.4, 0.5) is 10.8 Å². The molecule has 1 fully saturated rings. The van der Waals surface area contributed by atoms with Gasteiger partial charge in [0.1, 0.15) is 0 Å². The Balaban J connectivity index is 2.04. The van der Waals surface area contributed by atoms with E-state index in [2.05, 4.69) is 4.37 Å². The summed E-state index contributed by atoms with van der Waals surface area (Å²) < 4.78 is 9.82. The number of nitrogens with zero attached hydrogens (tertiary/aromatic N) is 3. The van der Waals surface area contributed by atoms with E-state index >= 15 is 0 Å². The Kier molecular flexibility index (Phi) is 4.69. The molecule has 112 valence electrons. The van der Waals surface area contributed by atoms with Crippen LogP contribution in [0.3, 0.4) is 0 Å². The molecule has 1 amide bonds. The molecule has 1 saturated heterocycles. The van der Waals surface area contributed by atoms with E-state index < -0.39 is 0 Å². The minimum Gasteiger partial charge on any atom is -0.484 e. The van der Waals surface area contributed by atoms with E-state index in [0.717, 1.165) is 30.9 Å². The Hall–Kier alpha value is -1.50. The van der Waals surface area contributed by atoms with E-state index in [1.54, 1.807) is 0 Å².